The third-order valence-corrected chi connectivity index (χ3v) is 6.69. The van der Waals surface area contributed by atoms with Gasteiger partial charge in [-0.05, 0) is 23.1 Å². The standard InChI is InChI=1S/C26H20N4O2/c1-25(2)11-19(31)21-20(12-25)32-24(28)16(13-27)26(21)15-8-4-3-7-14(15)22-23(26)30-18-10-6-5-9-17(18)29-22/h3-10H,11-12,28H2,1-2H3. The minimum atomic E-state index is -1.22. The first kappa shape index (κ1) is 18.8. The summed E-state index contributed by atoms with van der Waals surface area (Å²) in [7, 11) is 0. The zero-order chi connectivity index (χ0) is 22.3. The number of ketones is 1. The number of hydrogen-bond acceptors (Lipinski definition) is 6. The SMILES string of the molecule is CC1(C)CC(=O)C2=C(C1)OC(N)=C(C#N)C21c2ccccc2-c2nc3ccccc3nc21. The number of aromatic nitrogens is 2. The molecule has 32 heavy (non-hydrogen) atoms. The van der Waals surface area contributed by atoms with Gasteiger partial charge in [0.25, 0.3) is 0 Å². The number of fused-ring (bicyclic) bond motifs is 7. The molecule has 0 saturated heterocycles. The maximum absolute atomic E-state index is 13.7. The largest absolute Gasteiger partial charge is 0.444 e. The number of para-hydroxylation sites is 2. The molecule has 2 aliphatic carbocycles. The summed E-state index contributed by atoms with van der Waals surface area (Å²) < 4.78 is 5.95. The van der Waals surface area contributed by atoms with Crippen molar-refractivity contribution >= 4 is 16.8 Å². The molecule has 0 radical (unpaired) electrons. The number of Topliss-reactive ketones (excluding diaryl/α,β-unsaturated/α-hetero) is 1. The molecule has 1 spiro atoms. The first-order valence-corrected chi connectivity index (χ1v) is 10.6. The van der Waals surface area contributed by atoms with E-state index in [1.807, 2.05) is 62.4 Å². The van der Waals surface area contributed by atoms with E-state index in [9.17, 15) is 10.1 Å². The van der Waals surface area contributed by atoms with Gasteiger partial charge in [-0.1, -0.05) is 50.2 Å². The second-order valence-corrected chi connectivity index (χ2v) is 9.40. The van der Waals surface area contributed by atoms with Crippen LogP contribution < -0.4 is 5.73 Å². The lowest BCUT2D eigenvalue weighted by molar-refractivity contribution is -0.119. The number of benzene rings is 2. The summed E-state index contributed by atoms with van der Waals surface area (Å²) in [5.41, 5.74) is 9.89. The van der Waals surface area contributed by atoms with Crippen molar-refractivity contribution in [2.45, 2.75) is 32.1 Å². The van der Waals surface area contributed by atoms with E-state index in [1.165, 1.54) is 0 Å². The molecule has 2 heterocycles. The van der Waals surface area contributed by atoms with E-state index in [2.05, 4.69) is 6.07 Å². The van der Waals surface area contributed by atoms with Gasteiger partial charge in [-0.3, -0.25) is 4.79 Å². The topological polar surface area (TPSA) is 102 Å². The minimum absolute atomic E-state index is 0.0226. The van der Waals surface area contributed by atoms with Crippen molar-refractivity contribution in [3.05, 3.63) is 82.6 Å². The number of nitrogens with two attached hydrogens (primary N) is 1. The first-order valence-electron chi connectivity index (χ1n) is 10.6. The number of rotatable bonds is 0. The van der Waals surface area contributed by atoms with Crippen LogP contribution >= 0.6 is 0 Å². The molecule has 1 aliphatic heterocycles. The van der Waals surface area contributed by atoms with Crippen LogP contribution in [-0.2, 0) is 14.9 Å². The fraction of sp³-hybridized carbons (Fsp3) is 0.231. The Kier molecular flexibility index (Phi) is 3.54. The molecule has 1 aromatic heterocycles. The van der Waals surface area contributed by atoms with E-state index in [1.54, 1.807) is 0 Å². The molecule has 1 unspecified atom stereocenters. The monoisotopic (exact) mass is 420 g/mol. The Hall–Kier alpha value is -3.98. The lowest BCUT2D eigenvalue weighted by Crippen LogP contribution is -2.44. The summed E-state index contributed by atoms with van der Waals surface area (Å²) in [6.45, 7) is 4.07. The molecule has 2 aromatic carbocycles. The van der Waals surface area contributed by atoms with Gasteiger partial charge in [-0.25, -0.2) is 9.97 Å². The number of allylic oxidation sites excluding steroid dienone is 3. The van der Waals surface area contributed by atoms with Crippen LogP contribution in [0.1, 0.15) is 37.9 Å². The van der Waals surface area contributed by atoms with E-state index in [-0.39, 0.29) is 22.7 Å². The number of nitrogens with zero attached hydrogens (tertiary/aromatic N) is 3. The Morgan fingerprint density at radius 2 is 1.72 bits per heavy atom. The molecule has 0 amide bonds. The van der Waals surface area contributed by atoms with Gasteiger partial charge in [0.2, 0.25) is 5.88 Å². The molecule has 0 fully saturated rings. The maximum atomic E-state index is 13.7. The van der Waals surface area contributed by atoms with Crippen LogP contribution in [0.4, 0.5) is 0 Å². The van der Waals surface area contributed by atoms with Crippen molar-refractivity contribution in [1.29, 1.82) is 5.26 Å². The van der Waals surface area contributed by atoms with E-state index in [0.29, 0.717) is 41.1 Å². The van der Waals surface area contributed by atoms with Crippen molar-refractivity contribution in [2.75, 3.05) is 0 Å². The maximum Gasteiger partial charge on any atom is 0.205 e. The number of ether oxygens (including phenoxy) is 1. The Morgan fingerprint density at radius 3 is 2.47 bits per heavy atom. The van der Waals surface area contributed by atoms with Crippen LogP contribution in [0.3, 0.4) is 0 Å². The van der Waals surface area contributed by atoms with Crippen molar-refractivity contribution in [2.24, 2.45) is 11.1 Å². The summed E-state index contributed by atoms with van der Waals surface area (Å²) in [6, 6.07) is 17.6. The second kappa shape index (κ2) is 6.04. The quantitative estimate of drug-likeness (QED) is 0.583. The van der Waals surface area contributed by atoms with Gasteiger partial charge in [-0.15, -0.1) is 0 Å². The molecule has 0 bridgehead atoms. The number of hydrogen-bond donors (Lipinski definition) is 1. The highest BCUT2D eigenvalue weighted by Gasteiger charge is 2.59. The number of nitriles is 1. The van der Waals surface area contributed by atoms with E-state index in [0.717, 1.165) is 16.6 Å². The van der Waals surface area contributed by atoms with Gasteiger partial charge >= 0.3 is 0 Å². The summed E-state index contributed by atoms with van der Waals surface area (Å²) in [5, 5.41) is 10.3. The highest BCUT2D eigenvalue weighted by atomic mass is 16.5. The fourth-order valence-corrected chi connectivity index (χ4v) is 5.50. The lowest BCUT2D eigenvalue weighted by Gasteiger charge is -2.42. The fourth-order valence-electron chi connectivity index (χ4n) is 5.50. The molecular formula is C26H20N4O2. The molecule has 3 aromatic rings. The molecule has 156 valence electrons. The Morgan fingerprint density at radius 1 is 1.03 bits per heavy atom. The Labute approximate surface area is 185 Å². The minimum Gasteiger partial charge on any atom is -0.444 e. The van der Waals surface area contributed by atoms with E-state index >= 15 is 0 Å². The van der Waals surface area contributed by atoms with Gasteiger partial charge in [-0.2, -0.15) is 5.26 Å². The molecule has 6 nitrogen and oxygen atoms in total. The number of carbonyl (C=O) groups is 1. The predicted molar refractivity (Wildman–Crippen MR) is 119 cm³/mol. The lowest BCUT2D eigenvalue weighted by atomic mass is 9.61. The molecule has 0 saturated carbocycles. The van der Waals surface area contributed by atoms with Crippen LogP contribution in [0.5, 0.6) is 0 Å². The van der Waals surface area contributed by atoms with Gasteiger partial charge in [0, 0.05) is 18.4 Å². The van der Waals surface area contributed by atoms with Crippen molar-refractivity contribution in [1.82, 2.24) is 9.97 Å². The summed E-state index contributed by atoms with van der Waals surface area (Å²) in [5.74, 6) is 0.504. The molecule has 6 heteroatoms. The van der Waals surface area contributed by atoms with Crippen LogP contribution in [0.25, 0.3) is 22.3 Å². The zero-order valence-corrected chi connectivity index (χ0v) is 17.8. The van der Waals surface area contributed by atoms with E-state index in [4.69, 9.17) is 20.4 Å². The molecule has 3 aliphatic rings. The average Bonchev–Trinajstić information content (AvgIpc) is 3.01. The van der Waals surface area contributed by atoms with E-state index < -0.39 is 5.41 Å². The van der Waals surface area contributed by atoms with Crippen LogP contribution in [0.2, 0.25) is 0 Å². The summed E-state index contributed by atoms with van der Waals surface area (Å²) in [4.78, 5) is 23.6. The van der Waals surface area contributed by atoms with Gasteiger partial charge < -0.3 is 10.5 Å². The van der Waals surface area contributed by atoms with Crippen molar-refractivity contribution < 1.29 is 9.53 Å². The molecule has 6 rings (SSSR count). The smallest absolute Gasteiger partial charge is 0.205 e. The normalized spacial score (nSPS) is 23.0. The third kappa shape index (κ3) is 2.20. The van der Waals surface area contributed by atoms with Crippen LogP contribution in [0, 0.1) is 16.7 Å². The summed E-state index contributed by atoms with van der Waals surface area (Å²) >= 11 is 0. The summed E-state index contributed by atoms with van der Waals surface area (Å²) in [6.07, 6.45) is 0.905. The molecule has 1 atom stereocenters. The van der Waals surface area contributed by atoms with Gasteiger partial charge in [0.15, 0.2) is 5.78 Å². The van der Waals surface area contributed by atoms with Gasteiger partial charge in [0.05, 0.1) is 28.0 Å². The number of carbonyl (C=O) groups excluding carboxylic acids is 1. The Balaban J connectivity index is 1.81. The Bertz CT molecular complexity index is 1470. The van der Waals surface area contributed by atoms with Crippen LogP contribution in [-0.4, -0.2) is 15.8 Å². The average molecular weight is 420 g/mol. The second-order valence-electron chi connectivity index (χ2n) is 9.40. The molecular weight excluding hydrogens is 400 g/mol. The zero-order valence-electron chi connectivity index (χ0n) is 17.8. The van der Waals surface area contributed by atoms with Crippen molar-refractivity contribution in [3.63, 3.8) is 0 Å². The predicted octanol–water partition coefficient (Wildman–Crippen LogP) is 4.26. The first-order chi connectivity index (χ1) is 15.4. The molecule has 2 N–H and O–H groups in total. The van der Waals surface area contributed by atoms with Crippen LogP contribution in [0.15, 0.2) is 71.3 Å². The third-order valence-electron chi connectivity index (χ3n) is 6.69. The van der Waals surface area contributed by atoms with Gasteiger partial charge in [0.1, 0.15) is 22.8 Å². The highest BCUT2D eigenvalue weighted by molar-refractivity contribution is 6.05. The van der Waals surface area contributed by atoms with Crippen molar-refractivity contribution in [3.8, 4) is 17.3 Å². The highest BCUT2D eigenvalue weighted by Crippen LogP contribution is 2.60.